The van der Waals surface area contributed by atoms with Gasteiger partial charge in [-0.25, -0.2) is 15.0 Å². The van der Waals surface area contributed by atoms with Gasteiger partial charge in [0.2, 0.25) is 0 Å². The third-order valence-electron chi connectivity index (χ3n) is 3.93. The Labute approximate surface area is 137 Å². The van der Waals surface area contributed by atoms with Gasteiger partial charge in [0.1, 0.15) is 17.5 Å². The Morgan fingerprint density at radius 1 is 0.739 bits per heavy atom. The van der Waals surface area contributed by atoms with E-state index in [4.69, 9.17) is 0 Å². The van der Waals surface area contributed by atoms with Gasteiger partial charge >= 0.3 is 0 Å². The average molecular weight is 303 g/mol. The van der Waals surface area contributed by atoms with Crippen LogP contribution in [0.2, 0.25) is 0 Å². The SMILES string of the molecule is CCc1nc(C)nc(C)n1.c1ccc2c(c1)Cc1ccccc1-2. The molecule has 0 spiro atoms. The third kappa shape index (κ3) is 3.45. The largest absolute Gasteiger partial charge is 0.219 e. The molecule has 0 N–H and O–H groups in total. The Hall–Kier alpha value is -2.55. The van der Waals surface area contributed by atoms with Gasteiger partial charge in [0, 0.05) is 6.42 Å². The summed E-state index contributed by atoms with van der Waals surface area (Å²) in [7, 11) is 0. The van der Waals surface area contributed by atoms with Gasteiger partial charge in [0.15, 0.2) is 0 Å². The van der Waals surface area contributed by atoms with Crippen LogP contribution in [-0.2, 0) is 12.8 Å². The second kappa shape index (κ2) is 6.69. The number of hydrogen-bond donors (Lipinski definition) is 0. The first-order valence-corrected chi connectivity index (χ1v) is 8.01. The van der Waals surface area contributed by atoms with E-state index in [9.17, 15) is 0 Å². The van der Waals surface area contributed by atoms with Crippen LogP contribution in [0.25, 0.3) is 11.1 Å². The lowest BCUT2D eigenvalue weighted by atomic mass is 10.1. The smallest absolute Gasteiger partial charge is 0.132 e. The Morgan fingerprint density at radius 3 is 1.70 bits per heavy atom. The van der Waals surface area contributed by atoms with Crippen molar-refractivity contribution < 1.29 is 0 Å². The molecule has 0 aliphatic heterocycles. The van der Waals surface area contributed by atoms with Crippen LogP contribution in [0.15, 0.2) is 48.5 Å². The molecule has 0 bridgehead atoms. The van der Waals surface area contributed by atoms with Gasteiger partial charge in [-0.05, 0) is 42.5 Å². The maximum absolute atomic E-state index is 4.13. The monoisotopic (exact) mass is 303 g/mol. The molecule has 1 aliphatic carbocycles. The number of benzene rings is 2. The molecule has 1 aromatic heterocycles. The van der Waals surface area contributed by atoms with Gasteiger partial charge in [0.05, 0.1) is 0 Å². The van der Waals surface area contributed by atoms with Crippen molar-refractivity contribution in [1.29, 1.82) is 0 Å². The van der Waals surface area contributed by atoms with Crippen molar-refractivity contribution >= 4 is 0 Å². The summed E-state index contributed by atoms with van der Waals surface area (Å²) in [6.07, 6.45) is 1.98. The van der Waals surface area contributed by atoms with Crippen LogP contribution in [0, 0.1) is 13.8 Å². The van der Waals surface area contributed by atoms with Gasteiger partial charge < -0.3 is 0 Å². The first kappa shape index (κ1) is 15.3. The van der Waals surface area contributed by atoms with Crippen LogP contribution in [0.3, 0.4) is 0 Å². The van der Waals surface area contributed by atoms with Crippen LogP contribution in [0.5, 0.6) is 0 Å². The molecule has 23 heavy (non-hydrogen) atoms. The van der Waals surface area contributed by atoms with E-state index in [0.29, 0.717) is 0 Å². The minimum Gasteiger partial charge on any atom is -0.219 e. The molecule has 0 amide bonds. The fourth-order valence-electron chi connectivity index (χ4n) is 2.92. The van der Waals surface area contributed by atoms with E-state index in [1.54, 1.807) is 0 Å². The van der Waals surface area contributed by atoms with E-state index in [-0.39, 0.29) is 0 Å². The molecule has 1 aliphatic rings. The third-order valence-corrected chi connectivity index (χ3v) is 3.93. The van der Waals surface area contributed by atoms with Crippen molar-refractivity contribution in [3.63, 3.8) is 0 Å². The first-order valence-electron chi connectivity index (χ1n) is 8.01. The fourth-order valence-corrected chi connectivity index (χ4v) is 2.92. The van der Waals surface area contributed by atoms with Crippen molar-refractivity contribution in [2.45, 2.75) is 33.6 Å². The summed E-state index contributed by atoms with van der Waals surface area (Å²) in [5, 5.41) is 0. The molecule has 0 atom stereocenters. The minimum atomic E-state index is 0.810. The highest BCUT2D eigenvalue weighted by Gasteiger charge is 2.15. The summed E-state index contributed by atoms with van der Waals surface area (Å²) in [5.41, 5.74) is 5.75. The zero-order chi connectivity index (χ0) is 16.2. The molecule has 3 aromatic rings. The summed E-state index contributed by atoms with van der Waals surface area (Å²) >= 11 is 0. The van der Waals surface area contributed by atoms with E-state index in [0.717, 1.165) is 30.3 Å². The summed E-state index contributed by atoms with van der Waals surface area (Å²) in [6, 6.07) is 17.3. The molecular weight excluding hydrogens is 282 g/mol. The second-order valence-corrected chi connectivity index (χ2v) is 5.69. The molecule has 3 heteroatoms. The van der Waals surface area contributed by atoms with Crippen molar-refractivity contribution in [2.75, 3.05) is 0 Å². The summed E-state index contributed by atoms with van der Waals surface area (Å²) in [4.78, 5) is 12.3. The second-order valence-electron chi connectivity index (χ2n) is 5.69. The van der Waals surface area contributed by atoms with Crippen LogP contribution >= 0.6 is 0 Å². The van der Waals surface area contributed by atoms with E-state index in [1.807, 2.05) is 20.8 Å². The number of aromatic nitrogens is 3. The lowest BCUT2D eigenvalue weighted by Gasteiger charge is -1.98. The number of hydrogen-bond acceptors (Lipinski definition) is 3. The van der Waals surface area contributed by atoms with Crippen LogP contribution < -0.4 is 0 Å². The number of fused-ring (bicyclic) bond motifs is 3. The lowest BCUT2D eigenvalue weighted by Crippen LogP contribution is -2.00. The maximum atomic E-state index is 4.13. The molecular formula is C20H21N3. The number of nitrogens with zero attached hydrogens (tertiary/aromatic N) is 3. The summed E-state index contributed by atoms with van der Waals surface area (Å²) in [6.45, 7) is 5.80. The summed E-state index contributed by atoms with van der Waals surface area (Å²) in [5.74, 6) is 2.50. The van der Waals surface area contributed by atoms with E-state index < -0.39 is 0 Å². The van der Waals surface area contributed by atoms with E-state index in [1.165, 1.54) is 22.3 Å². The molecule has 0 saturated heterocycles. The van der Waals surface area contributed by atoms with Crippen molar-refractivity contribution in [3.8, 4) is 11.1 Å². The molecule has 4 rings (SSSR count). The molecule has 1 heterocycles. The molecule has 116 valence electrons. The van der Waals surface area contributed by atoms with Crippen molar-refractivity contribution in [2.24, 2.45) is 0 Å². The highest BCUT2D eigenvalue weighted by molar-refractivity contribution is 5.76. The van der Waals surface area contributed by atoms with Gasteiger partial charge in [-0.3, -0.25) is 0 Å². The van der Waals surface area contributed by atoms with Crippen LogP contribution in [0.4, 0.5) is 0 Å². The predicted octanol–water partition coefficient (Wildman–Crippen LogP) is 4.31. The molecule has 3 nitrogen and oxygen atoms in total. The quantitative estimate of drug-likeness (QED) is 0.526. The molecule has 0 radical (unpaired) electrons. The fraction of sp³-hybridized carbons (Fsp3) is 0.250. The minimum absolute atomic E-state index is 0.810. The Balaban J connectivity index is 0.000000142. The van der Waals surface area contributed by atoms with Crippen LogP contribution in [0.1, 0.15) is 35.5 Å². The van der Waals surface area contributed by atoms with Gasteiger partial charge in [-0.15, -0.1) is 0 Å². The average Bonchev–Trinajstić information content (AvgIpc) is 2.93. The van der Waals surface area contributed by atoms with Gasteiger partial charge in [0.25, 0.3) is 0 Å². The molecule has 2 aromatic carbocycles. The lowest BCUT2D eigenvalue weighted by molar-refractivity contribution is 0.830. The first-order chi connectivity index (χ1) is 11.2. The number of rotatable bonds is 1. The Morgan fingerprint density at radius 2 is 1.22 bits per heavy atom. The van der Waals surface area contributed by atoms with E-state index >= 15 is 0 Å². The number of aryl methyl sites for hydroxylation is 3. The van der Waals surface area contributed by atoms with Gasteiger partial charge in [-0.2, -0.15) is 0 Å². The van der Waals surface area contributed by atoms with Crippen molar-refractivity contribution in [1.82, 2.24) is 15.0 Å². The Kier molecular flexibility index (Phi) is 4.47. The standard InChI is InChI=1S/C13H10.C7H11N3/c1-3-7-12-10(5-1)9-11-6-2-4-8-13(11)12;1-4-7-9-5(2)8-6(3)10-7/h1-8H,9H2;4H2,1-3H3. The highest BCUT2D eigenvalue weighted by Crippen LogP contribution is 2.35. The normalized spacial score (nSPS) is 11.3. The topological polar surface area (TPSA) is 38.7 Å². The molecule has 0 unspecified atom stereocenters. The molecule has 0 fully saturated rings. The highest BCUT2D eigenvalue weighted by atomic mass is 15.0. The van der Waals surface area contributed by atoms with E-state index in [2.05, 4.69) is 63.5 Å². The molecule has 0 saturated carbocycles. The van der Waals surface area contributed by atoms with Crippen LogP contribution in [-0.4, -0.2) is 15.0 Å². The Bertz CT molecular complexity index is 761. The van der Waals surface area contributed by atoms with Gasteiger partial charge in [-0.1, -0.05) is 55.5 Å². The zero-order valence-corrected chi connectivity index (χ0v) is 13.9. The maximum Gasteiger partial charge on any atom is 0.132 e. The zero-order valence-electron chi connectivity index (χ0n) is 13.9. The summed E-state index contributed by atoms with van der Waals surface area (Å²) < 4.78 is 0. The van der Waals surface area contributed by atoms with Crippen molar-refractivity contribution in [3.05, 3.63) is 77.1 Å². The predicted molar refractivity (Wildman–Crippen MR) is 93.4 cm³/mol.